The molecule has 2 aromatic carbocycles. The zero-order valence-electron chi connectivity index (χ0n) is 20.9. The van der Waals surface area contributed by atoms with Crippen LogP contribution in [-0.4, -0.2) is 46.3 Å². The lowest BCUT2D eigenvalue weighted by molar-refractivity contribution is -0.127. The molecule has 0 aliphatic heterocycles. The van der Waals surface area contributed by atoms with Gasteiger partial charge in [-0.1, -0.05) is 24.0 Å². The molecule has 0 amide bonds. The van der Waals surface area contributed by atoms with Crippen molar-refractivity contribution in [2.75, 3.05) is 30.5 Å². The van der Waals surface area contributed by atoms with E-state index in [9.17, 15) is 26.4 Å². The Morgan fingerprint density at radius 2 is 1.87 bits per heavy atom. The summed E-state index contributed by atoms with van der Waals surface area (Å²) in [6.07, 6.45) is -1.99. The van der Waals surface area contributed by atoms with Crippen molar-refractivity contribution in [1.29, 1.82) is 0 Å². The fourth-order valence-corrected chi connectivity index (χ4v) is 6.18. The quantitative estimate of drug-likeness (QED) is 0.353. The molecule has 11 heteroatoms. The van der Waals surface area contributed by atoms with E-state index >= 15 is 0 Å². The van der Waals surface area contributed by atoms with Gasteiger partial charge in [-0.05, 0) is 42.0 Å². The maximum absolute atomic E-state index is 13.5. The van der Waals surface area contributed by atoms with Crippen LogP contribution in [-0.2, 0) is 21.1 Å². The highest BCUT2D eigenvalue weighted by Crippen LogP contribution is 2.39. The number of benzene rings is 2. The number of alkyl halides is 3. The second-order valence-electron chi connectivity index (χ2n) is 9.13. The molecule has 2 N–H and O–H groups in total. The van der Waals surface area contributed by atoms with Gasteiger partial charge in [0.05, 0.1) is 45.9 Å². The number of anilines is 2. The fraction of sp³-hybridized carbons (Fsp3) is 0.370. The zero-order valence-corrected chi connectivity index (χ0v) is 22.5. The number of Topliss-reactive ketones (excluding diaryl/α,β-unsaturated/α-hetero) is 1. The summed E-state index contributed by atoms with van der Waals surface area (Å²) in [6.45, 7) is 0.107. The van der Waals surface area contributed by atoms with Crippen molar-refractivity contribution in [3.8, 4) is 17.6 Å². The van der Waals surface area contributed by atoms with Gasteiger partial charge in [0.2, 0.25) is 0 Å². The van der Waals surface area contributed by atoms with Gasteiger partial charge in [0.15, 0.2) is 9.84 Å². The fourth-order valence-electron chi connectivity index (χ4n) is 4.38. The summed E-state index contributed by atoms with van der Waals surface area (Å²) in [7, 11) is -2.00. The molecule has 1 aliphatic carbocycles. The van der Waals surface area contributed by atoms with E-state index in [2.05, 4.69) is 22.5 Å². The Labute approximate surface area is 223 Å². The number of carbonyl (C=O) groups excluding carboxylic acids is 1. The van der Waals surface area contributed by atoms with Gasteiger partial charge in [-0.2, -0.15) is 13.2 Å². The van der Waals surface area contributed by atoms with Crippen LogP contribution in [0.4, 0.5) is 24.5 Å². The molecule has 1 aliphatic rings. The van der Waals surface area contributed by atoms with Gasteiger partial charge in [-0.3, -0.25) is 4.79 Å². The van der Waals surface area contributed by atoms with Gasteiger partial charge in [-0.25, -0.2) is 8.42 Å². The molecule has 0 spiro atoms. The van der Waals surface area contributed by atoms with E-state index in [1.165, 1.54) is 30.6 Å². The molecule has 0 atom stereocenters. The van der Waals surface area contributed by atoms with Crippen LogP contribution in [0.1, 0.15) is 36.1 Å². The standard InChI is InChI=1S/C27H27F3N2O4S2/c1-36-24-15-19(38(2,34)35)12-13-22(24)31-14-4-7-25-21(16-27(28,29)30)20-5-3-6-23(26(20)37-25)32-17-8-10-18(33)11-9-17/h3,5-6,12-13,15,17,31-32H,8-11,14,16H2,1-2H3. The van der Waals surface area contributed by atoms with Crippen molar-refractivity contribution >= 4 is 48.4 Å². The van der Waals surface area contributed by atoms with Crippen molar-refractivity contribution in [3.05, 3.63) is 46.8 Å². The van der Waals surface area contributed by atoms with Gasteiger partial charge in [0, 0.05) is 31.2 Å². The van der Waals surface area contributed by atoms with Crippen molar-refractivity contribution in [2.45, 2.75) is 49.2 Å². The third-order valence-corrected chi connectivity index (χ3v) is 8.58. The lowest BCUT2D eigenvalue weighted by atomic mass is 9.94. The molecule has 1 aromatic heterocycles. The number of halogens is 3. The van der Waals surface area contributed by atoms with Crippen LogP contribution < -0.4 is 15.4 Å². The van der Waals surface area contributed by atoms with Gasteiger partial charge in [0.25, 0.3) is 0 Å². The average molecular weight is 565 g/mol. The topological polar surface area (TPSA) is 84.5 Å². The highest BCUT2D eigenvalue weighted by Gasteiger charge is 2.31. The van der Waals surface area contributed by atoms with Gasteiger partial charge < -0.3 is 15.4 Å². The largest absolute Gasteiger partial charge is 0.495 e. The molecule has 0 saturated heterocycles. The van der Waals surface area contributed by atoms with E-state index < -0.39 is 22.4 Å². The highest BCUT2D eigenvalue weighted by molar-refractivity contribution is 7.90. The second-order valence-corrected chi connectivity index (χ2v) is 12.2. The van der Waals surface area contributed by atoms with Crippen LogP contribution in [0, 0.1) is 11.8 Å². The molecule has 0 unspecified atom stereocenters. The summed E-state index contributed by atoms with van der Waals surface area (Å²) in [5, 5.41) is 6.97. The van der Waals surface area contributed by atoms with Gasteiger partial charge in [-0.15, -0.1) is 11.3 Å². The number of nitrogens with one attached hydrogen (secondary N) is 2. The van der Waals surface area contributed by atoms with E-state index in [0.717, 1.165) is 11.9 Å². The maximum atomic E-state index is 13.5. The van der Waals surface area contributed by atoms with Crippen LogP contribution in [0.5, 0.6) is 5.75 Å². The number of thiophene rings is 1. The predicted molar refractivity (Wildman–Crippen MR) is 144 cm³/mol. The first-order chi connectivity index (χ1) is 17.9. The monoisotopic (exact) mass is 564 g/mol. The van der Waals surface area contributed by atoms with Gasteiger partial charge in [0.1, 0.15) is 11.5 Å². The van der Waals surface area contributed by atoms with Crippen LogP contribution >= 0.6 is 11.3 Å². The number of methoxy groups -OCH3 is 1. The van der Waals surface area contributed by atoms with Crippen molar-refractivity contribution in [3.63, 3.8) is 0 Å². The minimum Gasteiger partial charge on any atom is -0.495 e. The van der Waals surface area contributed by atoms with E-state index in [1.807, 2.05) is 6.07 Å². The lowest BCUT2D eigenvalue weighted by Crippen LogP contribution is -2.25. The van der Waals surface area contributed by atoms with Crippen molar-refractivity contribution < 1.29 is 31.1 Å². The van der Waals surface area contributed by atoms with E-state index in [4.69, 9.17) is 4.74 Å². The number of hydrogen-bond acceptors (Lipinski definition) is 7. The minimum atomic E-state index is -4.40. The Kier molecular flexibility index (Phi) is 8.23. The van der Waals surface area contributed by atoms with Crippen LogP contribution in [0.2, 0.25) is 0 Å². The predicted octanol–water partition coefficient (Wildman–Crippen LogP) is 5.81. The number of ether oxygens (including phenoxy) is 1. The number of sulfone groups is 1. The number of hydrogen-bond donors (Lipinski definition) is 2. The van der Waals surface area contributed by atoms with E-state index in [0.29, 0.717) is 52.1 Å². The first-order valence-corrected chi connectivity index (χ1v) is 14.7. The number of ketones is 1. The minimum absolute atomic E-state index is 0.0919. The first kappa shape index (κ1) is 27.8. The number of carbonyl (C=O) groups is 1. The Bertz CT molecular complexity index is 1510. The molecule has 1 fully saturated rings. The van der Waals surface area contributed by atoms with E-state index in [1.54, 1.807) is 18.2 Å². The molecule has 38 heavy (non-hydrogen) atoms. The summed E-state index contributed by atoms with van der Waals surface area (Å²) < 4.78 is 70.0. The molecule has 1 saturated carbocycles. The van der Waals surface area contributed by atoms with Crippen molar-refractivity contribution in [1.82, 2.24) is 0 Å². The normalized spacial score (nSPS) is 14.7. The Balaban J connectivity index is 1.60. The molecule has 6 nitrogen and oxygen atoms in total. The zero-order chi connectivity index (χ0) is 27.5. The molecular weight excluding hydrogens is 537 g/mol. The highest BCUT2D eigenvalue weighted by atomic mass is 32.2. The van der Waals surface area contributed by atoms with Crippen molar-refractivity contribution in [2.24, 2.45) is 0 Å². The molecule has 0 radical (unpaired) electrons. The van der Waals surface area contributed by atoms with Crippen LogP contribution in [0.15, 0.2) is 41.3 Å². The molecule has 3 aromatic rings. The summed E-state index contributed by atoms with van der Waals surface area (Å²) in [5.41, 5.74) is 1.40. The summed E-state index contributed by atoms with van der Waals surface area (Å²) in [5.74, 6) is 6.34. The number of fused-ring (bicyclic) bond motifs is 1. The average Bonchev–Trinajstić information content (AvgIpc) is 3.19. The van der Waals surface area contributed by atoms with Crippen LogP contribution in [0.25, 0.3) is 10.1 Å². The molecule has 1 heterocycles. The van der Waals surface area contributed by atoms with Gasteiger partial charge >= 0.3 is 6.18 Å². The molecular formula is C27H27F3N2O4S2. The Morgan fingerprint density at radius 3 is 2.53 bits per heavy atom. The summed E-state index contributed by atoms with van der Waals surface area (Å²) >= 11 is 1.22. The summed E-state index contributed by atoms with van der Waals surface area (Å²) in [4.78, 5) is 12.0. The Hall–Kier alpha value is -3.23. The third-order valence-electron chi connectivity index (χ3n) is 6.27. The molecule has 0 bridgehead atoms. The first-order valence-electron chi connectivity index (χ1n) is 11.9. The number of rotatable bonds is 7. The summed E-state index contributed by atoms with van der Waals surface area (Å²) in [6, 6.07) is 9.75. The Morgan fingerprint density at radius 1 is 1.13 bits per heavy atom. The second kappa shape index (κ2) is 11.3. The smallest absolute Gasteiger partial charge is 0.393 e. The van der Waals surface area contributed by atoms with Crippen LogP contribution in [0.3, 0.4) is 0 Å². The molecule has 202 valence electrons. The molecule has 4 rings (SSSR count). The maximum Gasteiger partial charge on any atom is 0.393 e. The lowest BCUT2D eigenvalue weighted by Gasteiger charge is -2.23. The van der Waals surface area contributed by atoms with E-state index in [-0.39, 0.29) is 28.8 Å². The third kappa shape index (κ3) is 6.79. The SMILES string of the molecule is COc1cc(S(C)(=O)=O)ccc1NCC#Cc1sc2c(NC3CCC(=O)CC3)cccc2c1CC(F)(F)F.